The summed E-state index contributed by atoms with van der Waals surface area (Å²) in [6.07, 6.45) is 4.97. The van der Waals surface area contributed by atoms with Crippen molar-refractivity contribution in [2.24, 2.45) is 0 Å². The Kier molecular flexibility index (Phi) is 3.26. The summed E-state index contributed by atoms with van der Waals surface area (Å²) in [4.78, 5) is 13.0. The van der Waals surface area contributed by atoms with Crippen LogP contribution in [0.2, 0.25) is 0 Å². The molecule has 2 rings (SSSR count). The van der Waals surface area contributed by atoms with Crippen LogP contribution in [-0.4, -0.2) is 26.2 Å². The fourth-order valence-corrected chi connectivity index (χ4v) is 1.61. The van der Waals surface area contributed by atoms with Gasteiger partial charge in [-0.3, -0.25) is 0 Å². The van der Waals surface area contributed by atoms with Crippen molar-refractivity contribution in [3.8, 4) is 5.75 Å². The Morgan fingerprint density at radius 1 is 1.47 bits per heavy atom. The molecule has 0 radical (unpaired) electrons. The van der Waals surface area contributed by atoms with Gasteiger partial charge < -0.3 is 9.47 Å². The van der Waals surface area contributed by atoms with Gasteiger partial charge in [-0.15, -0.1) is 0 Å². The molecule has 17 heavy (non-hydrogen) atoms. The highest BCUT2D eigenvalue weighted by molar-refractivity contribution is 5.75. The molecule has 1 aromatic carbocycles. The summed E-state index contributed by atoms with van der Waals surface area (Å²) in [5.41, 5.74) is 2.11. The van der Waals surface area contributed by atoms with Gasteiger partial charge in [0.25, 0.3) is 0 Å². The van der Waals surface area contributed by atoms with E-state index in [9.17, 15) is 4.79 Å². The molecular weight excluding hydrogens is 218 g/mol. The second-order valence-corrected chi connectivity index (χ2v) is 3.65. The Morgan fingerprint density at radius 3 is 3.06 bits per heavy atom. The molecule has 4 heteroatoms. The van der Waals surface area contributed by atoms with Crippen LogP contribution in [-0.2, 0) is 9.53 Å². The SMILES string of the molecule is CCOC(=O)COc1ccc2c(c1)N(C)[C+]=C2. The summed E-state index contributed by atoms with van der Waals surface area (Å²) in [7, 11) is 1.91. The maximum atomic E-state index is 11.1. The maximum absolute atomic E-state index is 11.1. The number of carbonyl (C=O) groups is 1. The molecule has 0 spiro atoms. The molecule has 0 bridgehead atoms. The van der Waals surface area contributed by atoms with Gasteiger partial charge in [-0.25, -0.2) is 4.79 Å². The number of hydrogen-bond donors (Lipinski definition) is 0. The van der Waals surface area contributed by atoms with Gasteiger partial charge in [-0.1, -0.05) is 0 Å². The molecule has 1 aliphatic heterocycles. The van der Waals surface area contributed by atoms with Gasteiger partial charge >= 0.3 is 5.97 Å². The number of hydrogen-bond acceptors (Lipinski definition) is 4. The molecule has 0 saturated carbocycles. The fraction of sp³-hybridized carbons (Fsp3) is 0.308. The smallest absolute Gasteiger partial charge is 0.344 e. The standard InChI is InChI=1S/C13H14NO3/c1-3-16-13(15)9-17-11-5-4-10-6-7-14(2)12(10)8-11/h4-6,8H,3,9H2,1-2H3/q+1. The molecule has 0 aliphatic carbocycles. The Bertz CT molecular complexity index is 454. The lowest BCUT2D eigenvalue weighted by Crippen LogP contribution is -2.14. The summed E-state index contributed by atoms with van der Waals surface area (Å²) in [6, 6.07) is 5.65. The fourth-order valence-electron chi connectivity index (χ4n) is 1.61. The highest BCUT2D eigenvalue weighted by atomic mass is 16.6. The van der Waals surface area contributed by atoms with Gasteiger partial charge in [0.2, 0.25) is 5.69 Å². The lowest BCUT2D eigenvalue weighted by atomic mass is 10.2. The molecule has 0 unspecified atom stereocenters. The zero-order valence-electron chi connectivity index (χ0n) is 9.90. The lowest BCUT2D eigenvalue weighted by Gasteiger charge is -2.06. The molecule has 1 heterocycles. The van der Waals surface area contributed by atoms with Crippen LogP contribution in [0.1, 0.15) is 12.5 Å². The van der Waals surface area contributed by atoms with Gasteiger partial charge in [0.15, 0.2) is 12.2 Å². The third-order valence-electron chi connectivity index (χ3n) is 2.44. The van der Waals surface area contributed by atoms with E-state index in [1.54, 1.807) is 6.92 Å². The van der Waals surface area contributed by atoms with Crippen LogP contribution >= 0.6 is 0 Å². The minimum Gasteiger partial charge on any atom is -0.480 e. The van der Waals surface area contributed by atoms with Crippen molar-refractivity contribution in [3.05, 3.63) is 30.0 Å². The second kappa shape index (κ2) is 4.85. The van der Waals surface area contributed by atoms with E-state index in [2.05, 4.69) is 6.20 Å². The van der Waals surface area contributed by atoms with E-state index >= 15 is 0 Å². The third kappa shape index (κ3) is 2.55. The number of carbonyl (C=O) groups excluding carboxylic acids is 1. The average Bonchev–Trinajstić information content (AvgIpc) is 2.69. The summed E-state index contributed by atoms with van der Waals surface area (Å²) < 4.78 is 10.1. The minimum absolute atomic E-state index is 0.0620. The highest BCUT2D eigenvalue weighted by Gasteiger charge is 2.23. The first kappa shape index (κ1) is 11.4. The molecule has 4 nitrogen and oxygen atoms in total. The predicted molar refractivity (Wildman–Crippen MR) is 64.7 cm³/mol. The summed E-state index contributed by atoms with van der Waals surface area (Å²) >= 11 is 0. The number of nitrogens with zero attached hydrogens (tertiary/aromatic N) is 1. The van der Waals surface area contributed by atoms with Gasteiger partial charge in [0, 0.05) is 13.1 Å². The van der Waals surface area contributed by atoms with Crippen molar-refractivity contribution in [3.63, 3.8) is 0 Å². The first-order chi connectivity index (χ1) is 8.20. The van der Waals surface area contributed by atoms with E-state index in [0.717, 1.165) is 11.3 Å². The summed E-state index contributed by atoms with van der Waals surface area (Å²) in [6.45, 7) is 2.07. The number of ether oxygens (including phenoxy) is 2. The van der Waals surface area contributed by atoms with Gasteiger partial charge in [0.1, 0.15) is 18.0 Å². The number of benzene rings is 1. The van der Waals surface area contributed by atoms with Crippen LogP contribution in [0.3, 0.4) is 0 Å². The van der Waals surface area contributed by atoms with E-state index in [0.29, 0.717) is 12.4 Å². The number of esters is 1. The molecule has 0 amide bonds. The summed E-state index contributed by atoms with van der Waals surface area (Å²) in [5, 5.41) is 0. The summed E-state index contributed by atoms with van der Waals surface area (Å²) in [5.74, 6) is 0.298. The molecule has 0 fully saturated rings. The Hall–Kier alpha value is -2.06. The molecule has 88 valence electrons. The van der Waals surface area contributed by atoms with Crippen LogP contribution in [0.25, 0.3) is 6.08 Å². The van der Waals surface area contributed by atoms with E-state index in [1.165, 1.54) is 0 Å². The van der Waals surface area contributed by atoms with Gasteiger partial charge in [-0.05, 0) is 13.0 Å². The van der Waals surface area contributed by atoms with Gasteiger partial charge in [0.05, 0.1) is 12.7 Å². The molecule has 1 aromatic rings. The molecular formula is C13H14NO3+. The Morgan fingerprint density at radius 2 is 2.29 bits per heavy atom. The van der Waals surface area contributed by atoms with Crippen molar-refractivity contribution >= 4 is 17.7 Å². The predicted octanol–water partition coefficient (Wildman–Crippen LogP) is 1.85. The molecule has 0 atom stereocenters. The monoisotopic (exact) mass is 232 g/mol. The van der Waals surface area contributed by atoms with E-state index in [-0.39, 0.29) is 12.6 Å². The van der Waals surface area contributed by atoms with E-state index in [4.69, 9.17) is 9.47 Å². The number of rotatable bonds is 4. The number of anilines is 1. The van der Waals surface area contributed by atoms with Crippen molar-refractivity contribution in [1.82, 2.24) is 0 Å². The first-order valence-corrected chi connectivity index (χ1v) is 5.46. The normalized spacial score (nSPS) is 12.0. The van der Waals surface area contributed by atoms with E-state index < -0.39 is 0 Å². The van der Waals surface area contributed by atoms with Crippen LogP contribution < -0.4 is 9.64 Å². The minimum atomic E-state index is -0.356. The van der Waals surface area contributed by atoms with Gasteiger partial charge in [-0.2, -0.15) is 4.90 Å². The molecule has 0 saturated heterocycles. The third-order valence-corrected chi connectivity index (χ3v) is 2.44. The van der Waals surface area contributed by atoms with Crippen molar-refractivity contribution in [2.75, 3.05) is 25.2 Å². The topological polar surface area (TPSA) is 38.8 Å². The number of fused-ring (bicyclic) bond motifs is 1. The Labute approximate surface area is 100 Å². The molecule has 0 N–H and O–H groups in total. The molecule has 1 aliphatic rings. The van der Waals surface area contributed by atoms with Crippen LogP contribution in [0.5, 0.6) is 5.75 Å². The van der Waals surface area contributed by atoms with E-state index in [1.807, 2.05) is 36.2 Å². The maximum Gasteiger partial charge on any atom is 0.344 e. The first-order valence-electron chi connectivity index (χ1n) is 5.46. The largest absolute Gasteiger partial charge is 0.480 e. The van der Waals surface area contributed by atoms with Crippen molar-refractivity contribution in [1.29, 1.82) is 0 Å². The zero-order chi connectivity index (χ0) is 12.3. The van der Waals surface area contributed by atoms with Crippen molar-refractivity contribution < 1.29 is 14.3 Å². The average molecular weight is 232 g/mol. The Balaban J connectivity index is 2.00. The van der Waals surface area contributed by atoms with Crippen LogP contribution in [0, 0.1) is 6.20 Å². The lowest BCUT2D eigenvalue weighted by molar-refractivity contribution is -0.145. The van der Waals surface area contributed by atoms with Crippen LogP contribution in [0.15, 0.2) is 18.2 Å². The highest BCUT2D eigenvalue weighted by Crippen LogP contribution is 2.30. The van der Waals surface area contributed by atoms with Crippen LogP contribution in [0.4, 0.5) is 5.69 Å². The van der Waals surface area contributed by atoms with Crippen molar-refractivity contribution in [2.45, 2.75) is 6.92 Å². The zero-order valence-corrected chi connectivity index (χ0v) is 9.90. The second-order valence-electron chi connectivity index (χ2n) is 3.65. The molecule has 0 aromatic heterocycles. The quantitative estimate of drug-likeness (QED) is 0.586.